The third-order valence-electron chi connectivity index (χ3n) is 1.80. The third kappa shape index (κ3) is 1.01. The van der Waals surface area contributed by atoms with Crippen LogP contribution in [0.15, 0.2) is 18.3 Å². The van der Waals surface area contributed by atoms with Gasteiger partial charge in [-0.2, -0.15) is 0 Å². The minimum absolute atomic E-state index is 0.0376. The van der Waals surface area contributed by atoms with Crippen molar-refractivity contribution in [2.75, 3.05) is 5.73 Å². The van der Waals surface area contributed by atoms with Gasteiger partial charge >= 0.3 is 5.97 Å². The fraction of sp³-hybridized carbons (Fsp3) is 0. The van der Waals surface area contributed by atoms with Gasteiger partial charge in [0.1, 0.15) is 16.9 Å². The van der Waals surface area contributed by atoms with Crippen LogP contribution in [0.3, 0.4) is 0 Å². The zero-order valence-corrected chi connectivity index (χ0v) is 6.61. The number of anilines is 1. The van der Waals surface area contributed by atoms with E-state index in [4.69, 9.17) is 10.8 Å². The summed E-state index contributed by atoms with van der Waals surface area (Å²) in [5.74, 6) is -0.927. The van der Waals surface area contributed by atoms with E-state index in [0.29, 0.717) is 11.0 Å². The first-order valence-electron chi connectivity index (χ1n) is 3.65. The van der Waals surface area contributed by atoms with E-state index >= 15 is 0 Å². The van der Waals surface area contributed by atoms with E-state index < -0.39 is 5.97 Å². The van der Waals surface area contributed by atoms with Crippen molar-refractivity contribution in [3.05, 3.63) is 23.9 Å². The molecule has 0 amide bonds. The minimum atomic E-state index is -1.07. The molecule has 0 atom stereocenters. The zero-order chi connectivity index (χ0) is 9.42. The van der Waals surface area contributed by atoms with E-state index in [1.54, 1.807) is 12.1 Å². The van der Waals surface area contributed by atoms with Crippen molar-refractivity contribution in [2.24, 2.45) is 0 Å². The summed E-state index contributed by atoms with van der Waals surface area (Å²) in [6.07, 6.45) is 1.53. The number of nitrogen functional groups attached to an aromatic ring is 1. The van der Waals surface area contributed by atoms with E-state index in [2.05, 4.69) is 9.97 Å². The number of nitrogens with zero attached hydrogens (tertiary/aromatic N) is 1. The van der Waals surface area contributed by atoms with E-state index in [-0.39, 0.29) is 11.4 Å². The normalized spacial score (nSPS) is 10.5. The molecule has 0 saturated heterocycles. The number of fused-ring (bicyclic) bond motifs is 1. The fourth-order valence-corrected chi connectivity index (χ4v) is 1.26. The van der Waals surface area contributed by atoms with Crippen LogP contribution < -0.4 is 5.73 Å². The fourth-order valence-electron chi connectivity index (χ4n) is 1.26. The molecule has 0 fully saturated rings. The van der Waals surface area contributed by atoms with Gasteiger partial charge in [-0.1, -0.05) is 0 Å². The van der Waals surface area contributed by atoms with Crippen LogP contribution in [-0.4, -0.2) is 21.0 Å². The highest BCUT2D eigenvalue weighted by Crippen LogP contribution is 2.21. The van der Waals surface area contributed by atoms with Gasteiger partial charge in [0.15, 0.2) is 0 Å². The highest BCUT2D eigenvalue weighted by molar-refractivity contribution is 6.06. The number of hydrogen-bond donors (Lipinski definition) is 3. The van der Waals surface area contributed by atoms with Crippen molar-refractivity contribution in [3.8, 4) is 0 Å². The molecule has 0 aliphatic rings. The molecule has 0 aliphatic carbocycles. The number of carbonyl (C=O) groups is 1. The molecule has 0 aliphatic heterocycles. The molecule has 2 aromatic rings. The van der Waals surface area contributed by atoms with Crippen LogP contribution in [0.5, 0.6) is 0 Å². The molecular weight excluding hydrogens is 170 g/mol. The van der Waals surface area contributed by atoms with Crippen LogP contribution in [0.4, 0.5) is 5.82 Å². The van der Waals surface area contributed by atoms with E-state index in [0.717, 1.165) is 0 Å². The second kappa shape index (κ2) is 2.48. The molecule has 2 aromatic heterocycles. The van der Waals surface area contributed by atoms with Gasteiger partial charge in [0.25, 0.3) is 0 Å². The number of rotatable bonds is 1. The highest BCUT2D eigenvalue weighted by atomic mass is 16.4. The number of aromatic carboxylic acids is 1. The molecule has 5 heteroatoms. The van der Waals surface area contributed by atoms with Crippen molar-refractivity contribution >= 4 is 22.8 Å². The molecule has 66 valence electrons. The first kappa shape index (κ1) is 7.60. The number of pyridine rings is 1. The predicted molar refractivity (Wildman–Crippen MR) is 47.5 cm³/mol. The van der Waals surface area contributed by atoms with Crippen LogP contribution in [-0.2, 0) is 0 Å². The Morgan fingerprint density at radius 1 is 1.62 bits per heavy atom. The highest BCUT2D eigenvalue weighted by Gasteiger charge is 2.15. The molecule has 5 nitrogen and oxygen atoms in total. The maximum absolute atomic E-state index is 10.8. The summed E-state index contributed by atoms with van der Waals surface area (Å²) in [4.78, 5) is 17.4. The van der Waals surface area contributed by atoms with Gasteiger partial charge in [-0.25, -0.2) is 4.79 Å². The Hall–Kier alpha value is -2.04. The Balaban J connectivity index is 2.86. The molecule has 0 bridgehead atoms. The summed E-state index contributed by atoms with van der Waals surface area (Å²) in [5, 5.41) is 8.81. The predicted octanol–water partition coefficient (Wildman–Crippen LogP) is 0.843. The maximum atomic E-state index is 10.8. The number of H-pyrrole nitrogens is 1. The maximum Gasteiger partial charge on any atom is 0.341 e. The van der Waals surface area contributed by atoms with Crippen LogP contribution in [0.2, 0.25) is 0 Å². The van der Waals surface area contributed by atoms with Crippen molar-refractivity contribution < 1.29 is 9.90 Å². The van der Waals surface area contributed by atoms with Crippen molar-refractivity contribution in [1.29, 1.82) is 0 Å². The van der Waals surface area contributed by atoms with Gasteiger partial charge in [0.05, 0.1) is 5.52 Å². The Labute approximate surface area is 73.2 Å². The summed E-state index contributed by atoms with van der Waals surface area (Å²) in [5.41, 5.74) is 6.55. The first-order valence-corrected chi connectivity index (χ1v) is 3.65. The lowest BCUT2D eigenvalue weighted by molar-refractivity contribution is 0.0700. The first-order chi connectivity index (χ1) is 6.20. The van der Waals surface area contributed by atoms with Gasteiger partial charge in [-0.05, 0) is 12.1 Å². The molecule has 4 N–H and O–H groups in total. The third-order valence-corrected chi connectivity index (χ3v) is 1.80. The molecule has 2 heterocycles. The molecule has 0 unspecified atom stereocenters. The summed E-state index contributed by atoms with van der Waals surface area (Å²) in [6, 6.07) is 3.44. The SMILES string of the molecule is Nc1[nH]c2cccnc2c1C(=O)O. The Morgan fingerprint density at radius 2 is 2.38 bits per heavy atom. The molecular formula is C8H7N3O2. The molecule has 0 radical (unpaired) electrons. The molecule has 0 spiro atoms. The standard InChI is InChI=1S/C8H7N3O2/c9-7-5(8(12)13)6-4(11-7)2-1-3-10-6/h1-3,11H,9H2,(H,12,13). The number of nitrogens with two attached hydrogens (primary N) is 1. The summed E-state index contributed by atoms with van der Waals surface area (Å²) in [6.45, 7) is 0. The number of aromatic amines is 1. The van der Waals surface area contributed by atoms with Crippen LogP contribution in [0.25, 0.3) is 11.0 Å². The van der Waals surface area contributed by atoms with Gasteiger partial charge in [0.2, 0.25) is 0 Å². The molecule has 13 heavy (non-hydrogen) atoms. The lowest BCUT2D eigenvalue weighted by Gasteiger charge is -1.90. The van der Waals surface area contributed by atoms with Gasteiger partial charge in [-0.3, -0.25) is 4.98 Å². The molecule has 2 rings (SSSR count). The van der Waals surface area contributed by atoms with Gasteiger partial charge < -0.3 is 15.8 Å². The van der Waals surface area contributed by atoms with E-state index in [9.17, 15) is 4.79 Å². The summed E-state index contributed by atoms with van der Waals surface area (Å²) >= 11 is 0. The number of hydrogen-bond acceptors (Lipinski definition) is 3. The van der Waals surface area contributed by atoms with Crippen LogP contribution >= 0.6 is 0 Å². The minimum Gasteiger partial charge on any atom is -0.477 e. The topological polar surface area (TPSA) is 92.0 Å². The Morgan fingerprint density at radius 3 is 3.08 bits per heavy atom. The summed E-state index contributed by atoms with van der Waals surface area (Å²) < 4.78 is 0. The van der Waals surface area contributed by atoms with Gasteiger partial charge in [0, 0.05) is 6.20 Å². The number of aromatic nitrogens is 2. The van der Waals surface area contributed by atoms with Gasteiger partial charge in [-0.15, -0.1) is 0 Å². The Kier molecular flexibility index (Phi) is 1.45. The second-order valence-electron chi connectivity index (χ2n) is 2.62. The zero-order valence-electron chi connectivity index (χ0n) is 6.61. The van der Waals surface area contributed by atoms with Crippen molar-refractivity contribution in [2.45, 2.75) is 0 Å². The molecule has 0 aromatic carbocycles. The lowest BCUT2D eigenvalue weighted by Crippen LogP contribution is -2.00. The average Bonchev–Trinajstić information content (AvgIpc) is 2.39. The second-order valence-corrected chi connectivity index (χ2v) is 2.62. The lowest BCUT2D eigenvalue weighted by atomic mass is 10.2. The van der Waals surface area contributed by atoms with Crippen LogP contribution in [0.1, 0.15) is 10.4 Å². The van der Waals surface area contributed by atoms with Crippen LogP contribution in [0, 0.1) is 0 Å². The largest absolute Gasteiger partial charge is 0.477 e. The van der Waals surface area contributed by atoms with E-state index in [1.165, 1.54) is 6.20 Å². The van der Waals surface area contributed by atoms with Crippen molar-refractivity contribution in [1.82, 2.24) is 9.97 Å². The Bertz CT molecular complexity index is 475. The monoisotopic (exact) mass is 177 g/mol. The van der Waals surface area contributed by atoms with Crippen molar-refractivity contribution in [3.63, 3.8) is 0 Å². The smallest absolute Gasteiger partial charge is 0.341 e. The number of carboxylic acid groups (broad SMARTS) is 1. The number of nitrogens with one attached hydrogen (secondary N) is 1. The number of carboxylic acids is 1. The quantitative estimate of drug-likeness (QED) is 0.601. The summed E-state index contributed by atoms with van der Waals surface area (Å²) in [7, 11) is 0. The molecule has 0 saturated carbocycles. The average molecular weight is 177 g/mol. The van der Waals surface area contributed by atoms with E-state index in [1.807, 2.05) is 0 Å².